The van der Waals surface area contributed by atoms with E-state index in [-0.39, 0.29) is 11.9 Å². The summed E-state index contributed by atoms with van der Waals surface area (Å²) < 4.78 is 13.9. The SMILES string of the molecule is CC(N)CCCNc1ncc(Br)cc1F. The van der Waals surface area contributed by atoms with Crippen LogP contribution in [-0.2, 0) is 0 Å². The zero-order valence-corrected chi connectivity index (χ0v) is 10.2. The second-order valence-corrected chi connectivity index (χ2v) is 4.45. The monoisotopic (exact) mass is 275 g/mol. The molecule has 84 valence electrons. The maximum absolute atomic E-state index is 13.3. The maximum Gasteiger partial charge on any atom is 0.166 e. The van der Waals surface area contributed by atoms with E-state index in [9.17, 15) is 4.39 Å². The van der Waals surface area contributed by atoms with Gasteiger partial charge in [0, 0.05) is 23.3 Å². The van der Waals surface area contributed by atoms with Crippen molar-refractivity contribution in [3.05, 3.63) is 22.6 Å². The molecule has 0 saturated carbocycles. The molecule has 0 aliphatic rings. The molecular formula is C10H15BrFN3. The van der Waals surface area contributed by atoms with Gasteiger partial charge in [-0.25, -0.2) is 9.37 Å². The summed E-state index contributed by atoms with van der Waals surface area (Å²) in [6, 6.07) is 1.58. The van der Waals surface area contributed by atoms with Gasteiger partial charge in [-0.1, -0.05) is 0 Å². The van der Waals surface area contributed by atoms with Crippen LogP contribution in [0.3, 0.4) is 0 Å². The third-order valence-corrected chi connectivity index (χ3v) is 2.37. The lowest BCUT2D eigenvalue weighted by atomic mass is 10.2. The second kappa shape index (κ2) is 6.02. The molecule has 1 rings (SSSR count). The molecule has 15 heavy (non-hydrogen) atoms. The van der Waals surface area contributed by atoms with Crippen molar-refractivity contribution in [2.45, 2.75) is 25.8 Å². The largest absolute Gasteiger partial charge is 0.368 e. The molecule has 1 aromatic rings. The van der Waals surface area contributed by atoms with Crippen molar-refractivity contribution in [3.63, 3.8) is 0 Å². The number of nitrogens with zero attached hydrogens (tertiary/aromatic N) is 1. The molecule has 3 nitrogen and oxygen atoms in total. The first-order chi connectivity index (χ1) is 7.09. The predicted octanol–water partition coefficient (Wildman–Crippen LogP) is 2.52. The molecule has 0 bridgehead atoms. The molecule has 0 aliphatic heterocycles. The third kappa shape index (κ3) is 4.57. The standard InChI is InChI=1S/C10H15BrFN3/c1-7(13)3-2-4-14-10-9(12)5-8(11)6-15-10/h5-7H,2-4,13H2,1H3,(H,14,15). The summed E-state index contributed by atoms with van der Waals surface area (Å²) in [5.74, 6) is -0.0481. The fourth-order valence-electron chi connectivity index (χ4n) is 1.18. The first-order valence-corrected chi connectivity index (χ1v) is 5.69. The summed E-state index contributed by atoms with van der Waals surface area (Å²) in [5.41, 5.74) is 5.60. The average Bonchev–Trinajstić information content (AvgIpc) is 2.14. The normalized spacial score (nSPS) is 12.5. The van der Waals surface area contributed by atoms with Crippen LogP contribution in [0.5, 0.6) is 0 Å². The minimum absolute atomic E-state index is 0.189. The number of hydrogen-bond donors (Lipinski definition) is 2. The van der Waals surface area contributed by atoms with Gasteiger partial charge in [0.15, 0.2) is 11.6 Å². The number of aromatic nitrogens is 1. The van der Waals surface area contributed by atoms with Crippen molar-refractivity contribution in [2.24, 2.45) is 5.73 Å². The molecule has 0 aliphatic carbocycles. The molecule has 1 unspecified atom stereocenters. The van der Waals surface area contributed by atoms with E-state index in [2.05, 4.69) is 26.2 Å². The third-order valence-electron chi connectivity index (χ3n) is 1.94. The van der Waals surface area contributed by atoms with Crippen molar-refractivity contribution >= 4 is 21.7 Å². The van der Waals surface area contributed by atoms with E-state index in [1.54, 1.807) is 6.20 Å². The van der Waals surface area contributed by atoms with Crippen LogP contribution in [-0.4, -0.2) is 17.6 Å². The zero-order chi connectivity index (χ0) is 11.3. The number of nitrogens with two attached hydrogens (primary N) is 1. The van der Waals surface area contributed by atoms with Crippen molar-refractivity contribution in [1.29, 1.82) is 0 Å². The van der Waals surface area contributed by atoms with E-state index in [1.165, 1.54) is 6.07 Å². The fourth-order valence-corrected chi connectivity index (χ4v) is 1.48. The molecule has 0 saturated heterocycles. The predicted molar refractivity (Wildman–Crippen MR) is 63.3 cm³/mol. The Kier molecular flexibility index (Phi) is 4.98. The minimum atomic E-state index is -0.342. The van der Waals surface area contributed by atoms with Gasteiger partial charge < -0.3 is 11.1 Å². The van der Waals surface area contributed by atoms with E-state index in [0.717, 1.165) is 12.8 Å². The second-order valence-electron chi connectivity index (χ2n) is 3.53. The van der Waals surface area contributed by atoms with E-state index in [1.807, 2.05) is 6.92 Å². The smallest absolute Gasteiger partial charge is 0.166 e. The molecule has 1 atom stereocenters. The molecule has 0 aromatic carbocycles. The molecule has 0 amide bonds. The van der Waals surface area contributed by atoms with Crippen LogP contribution in [0.1, 0.15) is 19.8 Å². The summed E-state index contributed by atoms with van der Waals surface area (Å²) >= 11 is 3.15. The van der Waals surface area contributed by atoms with Crippen molar-refractivity contribution < 1.29 is 4.39 Å². The van der Waals surface area contributed by atoms with Gasteiger partial charge >= 0.3 is 0 Å². The molecule has 3 N–H and O–H groups in total. The highest BCUT2D eigenvalue weighted by Crippen LogP contribution is 2.15. The molecule has 1 heterocycles. The Balaban J connectivity index is 2.37. The van der Waals surface area contributed by atoms with Gasteiger partial charge in [-0.3, -0.25) is 0 Å². The summed E-state index contributed by atoms with van der Waals surface area (Å²) in [5, 5.41) is 2.93. The van der Waals surface area contributed by atoms with Crippen molar-refractivity contribution in [2.75, 3.05) is 11.9 Å². The van der Waals surface area contributed by atoms with Gasteiger partial charge in [-0.15, -0.1) is 0 Å². The maximum atomic E-state index is 13.3. The van der Waals surface area contributed by atoms with E-state index in [4.69, 9.17) is 5.73 Å². The topological polar surface area (TPSA) is 50.9 Å². The van der Waals surface area contributed by atoms with E-state index < -0.39 is 0 Å². The first kappa shape index (κ1) is 12.4. The van der Waals surface area contributed by atoms with Gasteiger partial charge in [0.1, 0.15) is 0 Å². The number of nitrogens with one attached hydrogen (secondary N) is 1. The molecule has 1 aromatic heterocycles. The molecule has 5 heteroatoms. The van der Waals surface area contributed by atoms with Crippen LogP contribution in [0.25, 0.3) is 0 Å². The number of hydrogen-bond acceptors (Lipinski definition) is 3. The fraction of sp³-hybridized carbons (Fsp3) is 0.500. The molecule has 0 fully saturated rings. The summed E-state index contributed by atoms with van der Waals surface area (Å²) in [6.45, 7) is 2.64. The van der Waals surface area contributed by atoms with Crippen LogP contribution in [0.4, 0.5) is 10.2 Å². The Labute approximate surface area is 97.4 Å². The zero-order valence-electron chi connectivity index (χ0n) is 8.63. The van der Waals surface area contributed by atoms with Crippen molar-refractivity contribution in [1.82, 2.24) is 4.98 Å². The first-order valence-electron chi connectivity index (χ1n) is 4.90. The van der Waals surface area contributed by atoms with Crippen LogP contribution in [0.2, 0.25) is 0 Å². The quantitative estimate of drug-likeness (QED) is 0.812. The number of rotatable bonds is 5. The summed E-state index contributed by atoms with van der Waals surface area (Å²) in [4.78, 5) is 3.93. The Hall–Kier alpha value is -0.680. The number of pyridine rings is 1. The minimum Gasteiger partial charge on any atom is -0.368 e. The highest BCUT2D eigenvalue weighted by molar-refractivity contribution is 9.10. The van der Waals surface area contributed by atoms with Crippen LogP contribution < -0.4 is 11.1 Å². The lowest BCUT2D eigenvalue weighted by Gasteiger charge is -2.07. The van der Waals surface area contributed by atoms with Gasteiger partial charge in [-0.2, -0.15) is 0 Å². The van der Waals surface area contributed by atoms with E-state index >= 15 is 0 Å². The van der Waals surface area contributed by atoms with Crippen molar-refractivity contribution in [3.8, 4) is 0 Å². The van der Waals surface area contributed by atoms with E-state index in [0.29, 0.717) is 16.8 Å². The summed E-state index contributed by atoms with van der Waals surface area (Å²) in [7, 11) is 0. The van der Waals surface area contributed by atoms with Crippen LogP contribution in [0.15, 0.2) is 16.7 Å². The van der Waals surface area contributed by atoms with Gasteiger partial charge in [-0.05, 0) is 41.8 Å². The van der Waals surface area contributed by atoms with Gasteiger partial charge in [0.05, 0.1) is 0 Å². The molecular weight excluding hydrogens is 261 g/mol. The Morgan fingerprint density at radius 2 is 2.40 bits per heavy atom. The van der Waals surface area contributed by atoms with Gasteiger partial charge in [0.2, 0.25) is 0 Å². The number of anilines is 1. The summed E-state index contributed by atoms with van der Waals surface area (Å²) in [6.07, 6.45) is 3.40. The highest BCUT2D eigenvalue weighted by Gasteiger charge is 2.03. The lowest BCUT2D eigenvalue weighted by Crippen LogP contribution is -2.16. The van der Waals surface area contributed by atoms with Crippen LogP contribution >= 0.6 is 15.9 Å². The Bertz CT molecular complexity index is 318. The van der Waals surface area contributed by atoms with Gasteiger partial charge in [0.25, 0.3) is 0 Å². The lowest BCUT2D eigenvalue weighted by molar-refractivity contribution is 0.615. The highest BCUT2D eigenvalue weighted by atomic mass is 79.9. The van der Waals surface area contributed by atoms with Crippen LogP contribution in [0, 0.1) is 5.82 Å². The Morgan fingerprint density at radius 3 is 3.00 bits per heavy atom. The average molecular weight is 276 g/mol. The Morgan fingerprint density at radius 1 is 1.67 bits per heavy atom. The molecule has 0 radical (unpaired) electrons. The molecule has 0 spiro atoms. The number of halogens is 2.